The van der Waals surface area contributed by atoms with Crippen LogP contribution < -0.4 is 21.0 Å². The Morgan fingerprint density at radius 2 is 0.757 bits per heavy atom. The molecule has 10 aromatic carbocycles. The van der Waals surface area contributed by atoms with Gasteiger partial charge in [-0.1, -0.05) is 218 Å². The highest BCUT2D eigenvalue weighted by atomic mass is 32.1. The van der Waals surface area contributed by atoms with Crippen LogP contribution in [0.15, 0.2) is 255 Å². The van der Waals surface area contributed by atoms with Gasteiger partial charge in [-0.05, 0) is 117 Å². The van der Waals surface area contributed by atoms with Crippen LogP contribution in [0.25, 0.3) is 120 Å². The molecule has 13 aromatic rings. The van der Waals surface area contributed by atoms with Gasteiger partial charge in [-0.15, -0.1) is 11.3 Å². The number of hydrogen-bond acceptors (Lipinski definition) is 5. The van der Waals surface area contributed by atoms with Gasteiger partial charge in [-0.2, -0.15) is 0 Å². The summed E-state index contributed by atoms with van der Waals surface area (Å²) in [6, 6.07) is 87.7. The average Bonchev–Trinajstić information content (AvgIpc) is 3.88. The molecule has 4 nitrogen and oxygen atoms in total. The van der Waals surface area contributed by atoms with E-state index < -0.39 is 8.07 Å². The number of benzene rings is 10. The Bertz CT molecular complexity index is 4350. The first-order chi connectivity index (χ1) is 36.7. The highest BCUT2D eigenvalue weighted by molar-refractivity contribution is 7.26. The molecule has 0 aliphatic heterocycles. The lowest BCUT2D eigenvalue weighted by Gasteiger charge is -2.34. The molecule has 0 saturated heterocycles. The van der Waals surface area contributed by atoms with E-state index in [1.54, 1.807) is 12.7 Å². The quantitative estimate of drug-likeness (QED) is 0.127. The molecule has 0 amide bonds. The zero-order valence-corrected chi connectivity index (χ0v) is 41.8. The molecule has 3 aromatic heterocycles. The summed E-state index contributed by atoms with van der Waals surface area (Å²) in [6.07, 6.45) is 5.25. The lowest BCUT2D eigenvalue weighted by molar-refractivity contribution is 1.08. The number of pyridine rings is 1. The molecule has 1 atom stereocenters. The maximum Gasteiger partial charge on any atom is 0.226 e. The van der Waals surface area contributed by atoms with Crippen LogP contribution in [0.2, 0.25) is 0 Å². The molecule has 0 N–H and O–H groups in total. The van der Waals surface area contributed by atoms with Gasteiger partial charge < -0.3 is 0 Å². The summed E-state index contributed by atoms with van der Waals surface area (Å²) in [4.78, 5) is 19.9. The van der Waals surface area contributed by atoms with Crippen LogP contribution in [0.3, 0.4) is 0 Å². The monoisotopic (exact) mass is 974 g/mol. The van der Waals surface area contributed by atoms with Gasteiger partial charge in [0, 0.05) is 37.5 Å². The van der Waals surface area contributed by atoms with Crippen molar-refractivity contribution in [3.05, 3.63) is 255 Å². The minimum absolute atomic E-state index is 0.773. The number of thiophene rings is 1. The van der Waals surface area contributed by atoms with Gasteiger partial charge in [0.15, 0.2) is 0 Å². The summed E-state index contributed by atoms with van der Waals surface area (Å²) in [5.74, 6) is 0. The van der Waals surface area contributed by atoms with Gasteiger partial charge in [0.2, 0.25) is 8.07 Å². The first kappa shape index (κ1) is 42.5. The third-order valence-corrected chi connectivity index (χ3v) is 21.2. The molecule has 0 saturated carbocycles. The van der Waals surface area contributed by atoms with E-state index in [4.69, 9.17) is 15.0 Å². The van der Waals surface area contributed by atoms with E-state index in [0.29, 0.717) is 0 Å². The SMILES string of the molecule is c1ccc([Si](c2ccc3c(c2)-c2ccccc2-c2ccccc2-c2cc(-c4cccc5c4sc4ccccc45)ccc2-3)(c2ccc3c(c2)-c2ccccc2-c2ccccc2-c2ncccc2-3)c2ncncn2)cc1. The lowest BCUT2D eigenvalue weighted by Crippen LogP contribution is -2.76. The molecule has 2 aliphatic rings. The van der Waals surface area contributed by atoms with Crippen LogP contribution in [0.5, 0.6) is 0 Å². The van der Waals surface area contributed by atoms with Crippen molar-refractivity contribution in [1.82, 2.24) is 19.9 Å². The second-order valence-electron chi connectivity index (χ2n) is 19.2. The molecular weight excluding hydrogens is 933 g/mol. The lowest BCUT2D eigenvalue weighted by atomic mass is 9.80. The van der Waals surface area contributed by atoms with Crippen LogP contribution in [0, 0.1) is 0 Å². The number of nitrogens with zero attached hydrogens (tertiary/aromatic N) is 4. The Balaban J connectivity index is 1.01. The zero-order chi connectivity index (χ0) is 48.7. The summed E-state index contributed by atoms with van der Waals surface area (Å²) >= 11 is 1.88. The smallest absolute Gasteiger partial charge is 0.226 e. The fourth-order valence-electron chi connectivity index (χ4n) is 12.2. The van der Waals surface area contributed by atoms with E-state index in [1.807, 2.05) is 17.5 Å². The molecule has 6 heteroatoms. The highest BCUT2D eigenvalue weighted by Crippen LogP contribution is 2.50. The fourth-order valence-corrected chi connectivity index (χ4v) is 17.8. The van der Waals surface area contributed by atoms with Gasteiger partial charge in [-0.3, -0.25) is 4.98 Å². The molecule has 15 rings (SSSR count). The van der Waals surface area contributed by atoms with Gasteiger partial charge in [0.25, 0.3) is 0 Å². The summed E-state index contributed by atoms with van der Waals surface area (Å²) in [6.45, 7) is 0. The van der Waals surface area contributed by atoms with Crippen molar-refractivity contribution in [2.75, 3.05) is 0 Å². The summed E-state index contributed by atoms with van der Waals surface area (Å²) in [5.41, 5.74) is 21.8. The Labute approximate surface area is 433 Å². The molecule has 344 valence electrons. The largest absolute Gasteiger partial charge is 0.256 e. The molecule has 0 bridgehead atoms. The third kappa shape index (κ3) is 6.39. The fraction of sp³-hybridized carbons (Fsp3) is 0. The normalized spacial score (nSPS) is 12.7. The molecule has 74 heavy (non-hydrogen) atoms. The average molecular weight is 975 g/mol. The highest BCUT2D eigenvalue weighted by Gasteiger charge is 2.46. The number of hydrogen-bond donors (Lipinski definition) is 0. The molecular formula is C68H42N4SSi. The Morgan fingerprint density at radius 1 is 0.297 bits per heavy atom. The van der Waals surface area contributed by atoms with Crippen LogP contribution in [0.1, 0.15) is 0 Å². The minimum atomic E-state index is -3.42. The van der Waals surface area contributed by atoms with Crippen LogP contribution in [-0.4, -0.2) is 28.0 Å². The van der Waals surface area contributed by atoms with Gasteiger partial charge >= 0.3 is 0 Å². The van der Waals surface area contributed by atoms with E-state index in [1.165, 1.54) is 102 Å². The van der Waals surface area contributed by atoms with Crippen molar-refractivity contribution in [3.8, 4) is 100 Å². The second kappa shape index (κ2) is 17.0. The van der Waals surface area contributed by atoms with Gasteiger partial charge in [0.05, 0.1) is 5.69 Å². The molecule has 1 unspecified atom stereocenters. The molecule has 0 radical (unpaired) electrons. The van der Waals surface area contributed by atoms with E-state index in [2.05, 4.69) is 242 Å². The molecule has 0 fully saturated rings. The maximum absolute atomic E-state index is 5.20. The Hall–Kier alpha value is -9.20. The van der Waals surface area contributed by atoms with Gasteiger partial charge in [-0.25, -0.2) is 15.0 Å². The van der Waals surface area contributed by atoms with Gasteiger partial charge in [0.1, 0.15) is 18.1 Å². The summed E-state index contributed by atoms with van der Waals surface area (Å²) < 4.78 is 2.62. The van der Waals surface area contributed by atoms with E-state index in [0.717, 1.165) is 39.0 Å². The van der Waals surface area contributed by atoms with Crippen molar-refractivity contribution >= 4 is 60.6 Å². The van der Waals surface area contributed by atoms with Crippen molar-refractivity contribution in [2.24, 2.45) is 0 Å². The Kier molecular flexibility index (Phi) is 9.73. The molecule has 2 aliphatic carbocycles. The minimum Gasteiger partial charge on any atom is -0.256 e. The topological polar surface area (TPSA) is 51.6 Å². The van der Waals surface area contributed by atoms with E-state index in [9.17, 15) is 0 Å². The van der Waals surface area contributed by atoms with Crippen LogP contribution in [0.4, 0.5) is 0 Å². The maximum atomic E-state index is 5.20. The van der Waals surface area contributed by atoms with Crippen LogP contribution >= 0.6 is 11.3 Å². The van der Waals surface area contributed by atoms with Crippen LogP contribution in [-0.2, 0) is 0 Å². The summed E-state index contributed by atoms with van der Waals surface area (Å²) in [7, 11) is -3.42. The van der Waals surface area contributed by atoms with E-state index in [-0.39, 0.29) is 0 Å². The second-order valence-corrected chi connectivity index (χ2v) is 24.0. The number of aromatic nitrogens is 4. The first-order valence-electron chi connectivity index (χ1n) is 25.1. The van der Waals surface area contributed by atoms with E-state index >= 15 is 0 Å². The Morgan fingerprint density at radius 3 is 1.39 bits per heavy atom. The predicted molar refractivity (Wildman–Crippen MR) is 310 cm³/mol. The van der Waals surface area contributed by atoms with Crippen molar-refractivity contribution < 1.29 is 0 Å². The zero-order valence-electron chi connectivity index (χ0n) is 39.9. The molecule has 0 spiro atoms. The number of fused-ring (bicyclic) bond motifs is 19. The molecule has 3 heterocycles. The third-order valence-electron chi connectivity index (χ3n) is 15.5. The predicted octanol–water partition coefficient (Wildman–Crippen LogP) is 14.6. The van der Waals surface area contributed by atoms with Crippen molar-refractivity contribution in [3.63, 3.8) is 0 Å². The summed E-state index contributed by atoms with van der Waals surface area (Å²) in [5, 5.41) is 6.14. The first-order valence-corrected chi connectivity index (χ1v) is 27.9. The van der Waals surface area contributed by atoms with Crippen molar-refractivity contribution in [1.29, 1.82) is 0 Å². The number of rotatable bonds is 5. The van der Waals surface area contributed by atoms with Crippen molar-refractivity contribution in [2.45, 2.75) is 0 Å². The standard InChI is InChI=1S/C68H42N4SSi/c1-2-16-44(17-3-1)74(68-71-41-69-42-72-68,46-33-36-57-60-29-15-37-70-66(60)59-26-11-10-21-51(59)50-20-6-9-24-54(50)64(57)40-46)45-32-35-56-55-34-31-43(47-27-14-28-61-58-25-12-13-30-65(58)73-67(47)61)38-62(55)52-22-7-4-18-48(52)49-19-5-8-23-53(49)63(56)39-45/h1-42H.